The van der Waals surface area contributed by atoms with Crippen LogP contribution in [0.15, 0.2) is 36.7 Å². The molecule has 148 valence electrons. The molecule has 1 N–H and O–H groups in total. The maximum Gasteiger partial charge on any atom is 0.321 e. The average molecular weight is 394 g/mol. The minimum atomic E-state index is -0.463. The summed E-state index contributed by atoms with van der Waals surface area (Å²) < 4.78 is 21.4. The van der Waals surface area contributed by atoms with Gasteiger partial charge in [-0.2, -0.15) is 4.98 Å². The monoisotopic (exact) mass is 394 g/mol. The van der Waals surface area contributed by atoms with Crippen molar-refractivity contribution in [2.75, 3.05) is 31.6 Å². The number of nitrogens with zero attached hydrogens (tertiary/aromatic N) is 5. The number of rotatable bonds is 3. The minimum Gasteiger partial charge on any atom is -0.377 e. The SMILES string of the molecule is O=C(Nc1ccc(F)c(-c2nc3ncc(C4=CCOCC4)cn3n2)c1)N1CCC1. The lowest BCUT2D eigenvalue weighted by molar-refractivity contribution is 0.161. The fourth-order valence-electron chi connectivity index (χ4n) is 3.35. The molecule has 0 saturated carbocycles. The summed E-state index contributed by atoms with van der Waals surface area (Å²) in [6.45, 7) is 2.74. The zero-order valence-corrected chi connectivity index (χ0v) is 15.6. The van der Waals surface area contributed by atoms with Crippen LogP contribution in [0.25, 0.3) is 22.7 Å². The molecule has 0 unspecified atom stereocenters. The predicted molar refractivity (Wildman–Crippen MR) is 105 cm³/mol. The zero-order chi connectivity index (χ0) is 19.8. The number of likely N-dealkylation sites (tertiary alicyclic amines) is 1. The standard InChI is InChI=1S/C20H19FN6O2/c21-17-3-2-15(23-20(28)26-6-1-7-26)10-16(17)18-24-19-22-11-14(12-27(19)25-18)13-4-8-29-9-5-13/h2-4,10-12H,1,5-9H2,(H,23,28). The maximum atomic E-state index is 14.5. The van der Waals surface area contributed by atoms with Gasteiger partial charge in [0.05, 0.1) is 18.8 Å². The second-order valence-corrected chi connectivity index (χ2v) is 7.04. The molecule has 0 radical (unpaired) electrons. The maximum absolute atomic E-state index is 14.5. The third kappa shape index (κ3) is 3.44. The number of fused-ring (bicyclic) bond motifs is 1. The van der Waals surface area contributed by atoms with E-state index in [1.807, 2.05) is 12.3 Å². The second-order valence-electron chi connectivity index (χ2n) is 7.04. The molecule has 29 heavy (non-hydrogen) atoms. The highest BCUT2D eigenvalue weighted by Gasteiger charge is 2.21. The van der Waals surface area contributed by atoms with Gasteiger partial charge in [0.2, 0.25) is 0 Å². The molecule has 1 fully saturated rings. The van der Waals surface area contributed by atoms with Crippen molar-refractivity contribution in [3.8, 4) is 11.4 Å². The normalized spacial score (nSPS) is 16.4. The number of hydrogen-bond acceptors (Lipinski definition) is 5. The number of urea groups is 1. The topological polar surface area (TPSA) is 84.6 Å². The first kappa shape index (κ1) is 17.7. The van der Waals surface area contributed by atoms with Gasteiger partial charge in [-0.1, -0.05) is 6.08 Å². The largest absolute Gasteiger partial charge is 0.377 e. The van der Waals surface area contributed by atoms with E-state index >= 15 is 0 Å². The Labute approximate surface area is 166 Å². The van der Waals surface area contributed by atoms with Crippen molar-refractivity contribution in [2.45, 2.75) is 12.8 Å². The first-order valence-electron chi connectivity index (χ1n) is 9.53. The van der Waals surface area contributed by atoms with Crippen molar-refractivity contribution in [3.05, 3.63) is 48.0 Å². The van der Waals surface area contributed by atoms with Crippen LogP contribution in [0.5, 0.6) is 0 Å². The summed E-state index contributed by atoms with van der Waals surface area (Å²) in [4.78, 5) is 22.5. The molecular weight excluding hydrogens is 375 g/mol. The Balaban J connectivity index is 1.45. The van der Waals surface area contributed by atoms with Gasteiger partial charge in [0.25, 0.3) is 5.78 Å². The highest BCUT2D eigenvalue weighted by Crippen LogP contribution is 2.25. The number of carbonyl (C=O) groups is 1. The van der Waals surface area contributed by atoms with Gasteiger partial charge in [-0.3, -0.25) is 0 Å². The van der Waals surface area contributed by atoms with Crippen LogP contribution in [0.2, 0.25) is 0 Å². The second kappa shape index (κ2) is 7.25. The number of carbonyl (C=O) groups excluding carboxylic acids is 1. The van der Waals surface area contributed by atoms with E-state index in [2.05, 4.69) is 20.4 Å². The van der Waals surface area contributed by atoms with Gasteiger partial charge in [-0.05, 0) is 36.6 Å². The van der Waals surface area contributed by atoms with Crippen LogP contribution in [-0.4, -0.2) is 56.8 Å². The molecule has 2 aromatic heterocycles. The Morgan fingerprint density at radius 1 is 1.28 bits per heavy atom. The predicted octanol–water partition coefficient (Wildman–Crippen LogP) is 2.97. The molecule has 5 rings (SSSR count). The Kier molecular flexibility index (Phi) is 4.44. The molecule has 4 heterocycles. The third-order valence-corrected chi connectivity index (χ3v) is 5.13. The van der Waals surface area contributed by atoms with Crippen LogP contribution < -0.4 is 5.32 Å². The number of benzene rings is 1. The quantitative estimate of drug-likeness (QED) is 0.738. The molecule has 8 nitrogen and oxygen atoms in total. The molecule has 0 aliphatic carbocycles. The van der Waals surface area contributed by atoms with E-state index in [9.17, 15) is 9.18 Å². The third-order valence-electron chi connectivity index (χ3n) is 5.13. The Hall–Kier alpha value is -3.33. The van der Waals surface area contributed by atoms with Gasteiger partial charge in [0, 0.05) is 36.7 Å². The zero-order valence-electron chi connectivity index (χ0n) is 15.6. The van der Waals surface area contributed by atoms with E-state index in [4.69, 9.17) is 4.74 Å². The molecule has 0 bridgehead atoms. The number of amides is 2. The van der Waals surface area contributed by atoms with Gasteiger partial charge in [0.15, 0.2) is 5.82 Å². The Morgan fingerprint density at radius 3 is 2.93 bits per heavy atom. The van der Waals surface area contributed by atoms with E-state index in [-0.39, 0.29) is 17.4 Å². The van der Waals surface area contributed by atoms with Crippen molar-refractivity contribution in [3.63, 3.8) is 0 Å². The molecule has 0 atom stereocenters. The van der Waals surface area contributed by atoms with E-state index < -0.39 is 5.82 Å². The summed E-state index contributed by atoms with van der Waals surface area (Å²) in [6, 6.07) is 4.19. The molecule has 2 aliphatic rings. The van der Waals surface area contributed by atoms with Gasteiger partial charge in [-0.25, -0.2) is 18.7 Å². The molecule has 2 amide bonds. The molecule has 2 aliphatic heterocycles. The van der Waals surface area contributed by atoms with Gasteiger partial charge in [-0.15, -0.1) is 5.10 Å². The minimum absolute atomic E-state index is 0.187. The fourth-order valence-corrected chi connectivity index (χ4v) is 3.35. The summed E-state index contributed by atoms with van der Waals surface area (Å²) >= 11 is 0. The van der Waals surface area contributed by atoms with Crippen molar-refractivity contribution in [2.24, 2.45) is 0 Å². The average Bonchev–Trinajstić information content (AvgIpc) is 3.12. The van der Waals surface area contributed by atoms with Crippen LogP contribution >= 0.6 is 0 Å². The summed E-state index contributed by atoms with van der Waals surface area (Å²) in [6.07, 6.45) is 7.41. The summed E-state index contributed by atoms with van der Waals surface area (Å²) in [5.74, 6) is 0.134. The van der Waals surface area contributed by atoms with Gasteiger partial charge < -0.3 is 15.0 Å². The molecule has 9 heteroatoms. The van der Waals surface area contributed by atoms with Crippen molar-refractivity contribution >= 4 is 23.1 Å². The molecule has 1 aromatic carbocycles. The summed E-state index contributed by atoms with van der Waals surface area (Å²) in [5.41, 5.74) is 2.79. The number of ether oxygens (including phenoxy) is 1. The Morgan fingerprint density at radius 2 is 2.17 bits per heavy atom. The lowest BCUT2D eigenvalue weighted by Gasteiger charge is -2.30. The smallest absolute Gasteiger partial charge is 0.321 e. The number of aromatic nitrogens is 4. The van der Waals surface area contributed by atoms with Crippen LogP contribution in [-0.2, 0) is 4.74 Å². The van der Waals surface area contributed by atoms with Gasteiger partial charge >= 0.3 is 6.03 Å². The van der Waals surface area contributed by atoms with Crippen LogP contribution in [0, 0.1) is 5.82 Å². The van der Waals surface area contributed by atoms with E-state index in [1.165, 1.54) is 12.1 Å². The van der Waals surface area contributed by atoms with Crippen LogP contribution in [0.3, 0.4) is 0 Å². The molecular formula is C20H19FN6O2. The lowest BCUT2D eigenvalue weighted by Crippen LogP contribution is -2.44. The highest BCUT2D eigenvalue weighted by atomic mass is 19.1. The summed E-state index contributed by atoms with van der Waals surface area (Å²) in [7, 11) is 0. The first-order valence-corrected chi connectivity index (χ1v) is 9.53. The number of nitrogens with one attached hydrogen (secondary N) is 1. The van der Waals surface area contributed by atoms with Crippen molar-refractivity contribution < 1.29 is 13.9 Å². The first-order chi connectivity index (χ1) is 14.2. The number of hydrogen-bond donors (Lipinski definition) is 1. The van der Waals surface area contributed by atoms with E-state index in [0.29, 0.717) is 24.7 Å². The summed E-state index contributed by atoms with van der Waals surface area (Å²) in [5, 5.41) is 7.19. The molecule has 0 spiro atoms. The van der Waals surface area contributed by atoms with Crippen LogP contribution in [0.4, 0.5) is 14.9 Å². The van der Waals surface area contributed by atoms with E-state index in [0.717, 1.165) is 37.1 Å². The van der Waals surface area contributed by atoms with Crippen molar-refractivity contribution in [1.29, 1.82) is 0 Å². The lowest BCUT2D eigenvalue weighted by atomic mass is 10.1. The van der Waals surface area contributed by atoms with Crippen LogP contribution in [0.1, 0.15) is 18.4 Å². The van der Waals surface area contributed by atoms with Gasteiger partial charge in [0.1, 0.15) is 5.82 Å². The number of halogens is 1. The highest BCUT2D eigenvalue weighted by molar-refractivity contribution is 5.90. The van der Waals surface area contributed by atoms with Crippen molar-refractivity contribution in [1.82, 2.24) is 24.5 Å². The van der Waals surface area contributed by atoms with E-state index in [1.54, 1.807) is 21.7 Å². The fraction of sp³-hybridized carbons (Fsp3) is 0.300. The molecule has 1 saturated heterocycles. The Bertz CT molecular complexity index is 1120. The number of anilines is 1. The molecule has 3 aromatic rings.